The summed E-state index contributed by atoms with van der Waals surface area (Å²) in [5.74, 6) is -6.86. The zero-order valence-corrected chi connectivity index (χ0v) is 22.4. The lowest BCUT2D eigenvalue weighted by Crippen LogP contribution is -2.33. The quantitative estimate of drug-likeness (QED) is 0.133. The van der Waals surface area contributed by atoms with Crippen LogP contribution in [0.5, 0.6) is 17.2 Å². The van der Waals surface area contributed by atoms with Gasteiger partial charge in [0.05, 0.1) is 12.0 Å². The van der Waals surface area contributed by atoms with Crippen LogP contribution in [-0.4, -0.2) is 74.0 Å². The molecule has 2 unspecified atom stereocenters. The third-order valence-corrected chi connectivity index (χ3v) is 5.86. The molecule has 0 spiro atoms. The normalized spacial score (nSPS) is 15.0. The highest BCUT2D eigenvalue weighted by Crippen LogP contribution is 2.28. The van der Waals surface area contributed by atoms with Gasteiger partial charge in [-0.3, -0.25) is 9.59 Å². The van der Waals surface area contributed by atoms with Gasteiger partial charge in [0.15, 0.2) is 22.7 Å². The van der Waals surface area contributed by atoms with Crippen molar-refractivity contribution in [1.82, 2.24) is 0 Å². The second-order valence-electron chi connectivity index (χ2n) is 8.91. The van der Waals surface area contributed by atoms with Crippen LogP contribution in [0.1, 0.15) is 28.0 Å². The smallest absolute Gasteiger partial charge is 0.377 e. The van der Waals surface area contributed by atoms with Gasteiger partial charge in [0.2, 0.25) is 17.3 Å². The highest BCUT2D eigenvalue weighted by Gasteiger charge is 2.39. The number of fused-ring (bicyclic) bond motifs is 2. The summed E-state index contributed by atoms with van der Waals surface area (Å²) in [5.41, 5.74) is -1.26. The first-order chi connectivity index (χ1) is 20.8. The van der Waals surface area contributed by atoms with Crippen molar-refractivity contribution in [2.24, 2.45) is 0 Å². The van der Waals surface area contributed by atoms with E-state index in [1.165, 1.54) is 18.2 Å². The Labute approximate surface area is 243 Å². The third-order valence-electron chi connectivity index (χ3n) is 5.86. The summed E-state index contributed by atoms with van der Waals surface area (Å²) in [6.45, 7) is 1.07. The number of hydrogen-bond acceptors (Lipinski definition) is 16. The number of hydrogen-bond donors (Lipinski definition) is 6. The molecule has 1 aliphatic heterocycles. The molecular formula is C28H22O16. The molecule has 16 nitrogen and oxygen atoms in total. The SMILES string of the molecule is CCOC(=O)c1cc(=O)c2ccc(O)cc2o1.O=C1OC(C(O)COC(=O)c2cc(=O)c3c(O)cc(O)cc3o2)C(O)=C1O. The van der Waals surface area contributed by atoms with E-state index >= 15 is 0 Å². The van der Waals surface area contributed by atoms with Crippen LogP contribution < -0.4 is 10.9 Å². The van der Waals surface area contributed by atoms with Crippen molar-refractivity contribution in [3.8, 4) is 17.2 Å². The van der Waals surface area contributed by atoms with Gasteiger partial charge in [-0.15, -0.1) is 0 Å². The first-order valence-electron chi connectivity index (χ1n) is 12.4. The van der Waals surface area contributed by atoms with Crippen LogP contribution in [-0.2, 0) is 19.0 Å². The topological polar surface area (TPSA) is 261 Å². The van der Waals surface area contributed by atoms with Crippen LogP contribution in [0.3, 0.4) is 0 Å². The number of aromatic hydroxyl groups is 3. The summed E-state index contributed by atoms with van der Waals surface area (Å²) in [6.07, 6.45) is -3.33. The van der Waals surface area contributed by atoms with Crippen LogP contribution in [0.25, 0.3) is 21.9 Å². The molecule has 44 heavy (non-hydrogen) atoms. The fourth-order valence-electron chi connectivity index (χ4n) is 3.85. The highest BCUT2D eigenvalue weighted by molar-refractivity contribution is 5.91. The summed E-state index contributed by atoms with van der Waals surface area (Å²) >= 11 is 0. The molecule has 0 saturated heterocycles. The largest absolute Gasteiger partial charge is 0.508 e. The number of aliphatic hydroxyl groups excluding tert-OH is 3. The van der Waals surface area contributed by atoms with Gasteiger partial charge in [-0.05, 0) is 19.1 Å². The molecule has 0 radical (unpaired) electrons. The highest BCUT2D eigenvalue weighted by atomic mass is 16.6. The molecule has 16 heteroatoms. The second-order valence-corrected chi connectivity index (χ2v) is 8.91. The number of benzene rings is 2. The predicted molar refractivity (Wildman–Crippen MR) is 144 cm³/mol. The molecule has 0 bridgehead atoms. The first kappa shape index (κ1) is 30.9. The second kappa shape index (κ2) is 12.5. The lowest BCUT2D eigenvalue weighted by Gasteiger charge is -2.16. The zero-order valence-electron chi connectivity index (χ0n) is 22.4. The van der Waals surface area contributed by atoms with Gasteiger partial charge >= 0.3 is 17.9 Å². The number of cyclic esters (lactones) is 1. The maximum Gasteiger partial charge on any atom is 0.377 e. The summed E-state index contributed by atoms with van der Waals surface area (Å²) < 4.78 is 24.3. The van der Waals surface area contributed by atoms with Crippen molar-refractivity contribution < 1.29 is 68.1 Å². The van der Waals surface area contributed by atoms with Crippen molar-refractivity contribution in [2.75, 3.05) is 13.2 Å². The van der Waals surface area contributed by atoms with Gasteiger partial charge in [-0.25, -0.2) is 14.4 Å². The van der Waals surface area contributed by atoms with Crippen molar-refractivity contribution >= 4 is 39.8 Å². The van der Waals surface area contributed by atoms with E-state index in [0.29, 0.717) is 5.39 Å². The molecule has 6 N–H and O–H groups in total. The van der Waals surface area contributed by atoms with Gasteiger partial charge < -0.3 is 53.7 Å². The minimum Gasteiger partial charge on any atom is -0.508 e. The molecule has 0 saturated carbocycles. The standard InChI is InChI=1S/C16H12O11.C12H10O5/c17-5-1-6(18)11-7(19)3-10(26-9(11)2-5)15(23)25-4-8(20)14-12(21)13(22)16(24)27-14;1-2-16-12(15)11-6-9(14)8-4-3-7(13)5-10(8)17-11/h1-3,8,14,17-18,20-22H,4H2;3-6,13H,2H2,1H3. The summed E-state index contributed by atoms with van der Waals surface area (Å²) in [4.78, 5) is 58.2. The van der Waals surface area contributed by atoms with E-state index in [-0.39, 0.29) is 40.1 Å². The number of rotatable bonds is 6. The minimum atomic E-state index is -1.71. The Bertz CT molecular complexity index is 1930. The van der Waals surface area contributed by atoms with E-state index in [2.05, 4.69) is 4.74 Å². The molecular weight excluding hydrogens is 592 g/mol. The van der Waals surface area contributed by atoms with E-state index in [1.807, 2.05) is 0 Å². The molecule has 3 heterocycles. The van der Waals surface area contributed by atoms with Crippen LogP contribution in [0.4, 0.5) is 0 Å². The van der Waals surface area contributed by atoms with E-state index in [1.54, 1.807) is 6.92 Å². The summed E-state index contributed by atoms with van der Waals surface area (Å²) in [6, 6.07) is 7.84. The predicted octanol–water partition coefficient (Wildman–Crippen LogP) is 1.65. The molecule has 2 aromatic heterocycles. The van der Waals surface area contributed by atoms with Crippen LogP contribution in [0, 0.1) is 0 Å². The Hall–Kier alpha value is -6.03. The molecule has 0 amide bonds. The van der Waals surface area contributed by atoms with Gasteiger partial charge in [0.1, 0.15) is 46.5 Å². The number of carbonyl (C=O) groups excluding carboxylic acids is 3. The number of carbonyl (C=O) groups is 3. The Balaban J connectivity index is 0.000000223. The Kier molecular flexibility index (Phi) is 8.75. The fourth-order valence-corrected chi connectivity index (χ4v) is 3.85. The zero-order chi connectivity index (χ0) is 32.3. The molecule has 230 valence electrons. The van der Waals surface area contributed by atoms with Crippen molar-refractivity contribution in [3.05, 3.63) is 86.0 Å². The number of phenols is 3. The molecule has 1 aliphatic rings. The van der Waals surface area contributed by atoms with Crippen molar-refractivity contribution in [2.45, 2.75) is 19.1 Å². The van der Waals surface area contributed by atoms with Gasteiger partial charge in [-0.2, -0.15) is 0 Å². The van der Waals surface area contributed by atoms with Crippen molar-refractivity contribution in [3.63, 3.8) is 0 Å². The lowest BCUT2D eigenvalue weighted by molar-refractivity contribution is -0.147. The van der Waals surface area contributed by atoms with E-state index in [9.17, 15) is 49.5 Å². The molecule has 0 fully saturated rings. The van der Waals surface area contributed by atoms with E-state index in [4.69, 9.17) is 23.4 Å². The van der Waals surface area contributed by atoms with Crippen LogP contribution in [0.2, 0.25) is 0 Å². The third kappa shape index (κ3) is 6.39. The number of esters is 3. The average molecular weight is 614 g/mol. The lowest BCUT2D eigenvalue weighted by atomic mass is 10.2. The maximum atomic E-state index is 12.0. The van der Waals surface area contributed by atoms with E-state index in [0.717, 1.165) is 24.3 Å². The number of phenolic OH excluding ortho intramolecular Hbond substituents is 3. The first-order valence-corrected chi connectivity index (χ1v) is 12.4. The van der Waals surface area contributed by atoms with Crippen LogP contribution >= 0.6 is 0 Å². The molecule has 5 rings (SSSR count). The molecule has 0 aliphatic carbocycles. The van der Waals surface area contributed by atoms with E-state index < -0.39 is 70.9 Å². The Morgan fingerprint density at radius 3 is 2.07 bits per heavy atom. The van der Waals surface area contributed by atoms with Gasteiger partial charge in [0, 0.05) is 30.3 Å². The molecule has 2 atom stereocenters. The summed E-state index contributed by atoms with van der Waals surface area (Å²) in [7, 11) is 0. The average Bonchev–Trinajstić information content (AvgIpc) is 3.22. The number of aliphatic hydroxyl groups is 3. The minimum absolute atomic E-state index is 0.0401. The van der Waals surface area contributed by atoms with Gasteiger partial charge in [0.25, 0.3) is 0 Å². The Morgan fingerprint density at radius 2 is 1.43 bits per heavy atom. The van der Waals surface area contributed by atoms with Crippen LogP contribution in [0.15, 0.2) is 72.4 Å². The molecule has 4 aromatic rings. The fraction of sp³-hybridized carbons (Fsp3) is 0.179. The Morgan fingerprint density at radius 1 is 0.818 bits per heavy atom. The van der Waals surface area contributed by atoms with Gasteiger partial charge in [-0.1, -0.05) is 0 Å². The molecule has 2 aromatic carbocycles. The number of ether oxygens (including phenoxy) is 3. The van der Waals surface area contributed by atoms with Crippen molar-refractivity contribution in [1.29, 1.82) is 0 Å². The maximum absolute atomic E-state index is 12.0. The monoisotopic (exact) mass is 614 g/mol. The summed E-state index contributed by atoms with van der Waals surface area (Å²) in [5, 5.41) is 56.9.